The maximum atomic E-state index is 5.57. The molecule has 5 nitrogen and oxygen atoms in total. The average molecular weight is 310 g/mol. The lowest BCUT2D eigenvalue weighted by Gasteiger charge is -2.10. The molecule has 0 fully saturated rings. The molecular weight excluding hydrogens is 298 g/mol. The Morgan fingerprint density at radius 3 is 2.56 bits per heavy atom. The number of rotatable bonds is 4. The Morgan fingerprint density at radius 2 is 1.94 bits per heavy atom. The summed E-state index contributed by atoms with van der Waals surface area (Å²) < 4.78 is 11.6. The third-order valence-electron chi connectivity index (χ3n) is 2.26. The molecule has 0 aliphatic rings. The molecule has 0 aliphatic carbocycles. The number of halogens is 1. The fourth-order valence-corrected chi connectivity index (χ4v) is 1.58. The molecule has 0 aliphatic heterocycles. The second-order valence-corrected chi connectivity index (χ2v) is 4.39. The van der Waals surface area contributed by atoms with Gasteiger partial charge in [-0.3, -0.25) is 0 Å². The van der Waals surface area contributed by atoms with E-state index in [-0.39, 0.29) is 6.01 Å². The SMILES string of the molecule is COc1cc(CN)ccc1Oc1ncc(Br)cn1. The van der Waals surface area contributed by atoms with Crippen LogP contribution in [0.3, 0.4) is 0 Å². The van der Waals surface area contributed by atoms with Gasteiger partial charge < -0.3 is 15.2 Å². The van der Waals surface area contributed by atoms with E-state index in [9.17, 15) is 0 Å². The van der Waals surface area contributed by atoms with E-state index in [1.807, 2.05) is 12.1 Å². The van der Waals surface area contributed by atoms with Crippen LogP contribution >= 0.6 is 15.9 Å². The van der Waals surface area contributed by atoms with Gasteiger partial charge in [0.15, 0.2) is 11.5 Å². The van der Waals surface area contributed by atoms with E-state index < -0.39 is 0 Å². The minimum atomic E-state index is 0.261. The van der Waals surface area contributed by atoms with Crippen LogP contribution in [0.2, 0.25) is 0 Å². The van der Waals surface area contributed by atoms with Crippen molar-refractivity contribution in [3.8, 4) is 17.5 Å². The van der Waals surface area contributed by atoms with E-state index >= 15 is 0 Å². The topological polar surface area (TPSA) is 70.3 Å². The predicted molar refractivity (Wildman–Crippen MR) is 70.7 cm³/mol. The van der Waals surface area contributed by atoms with Crippen molar-refractivity contribution >= 4 is 15.9 Å². The number of hydrogen-bond donors (Lipinski definition) is 1. The van der Waals surface area contributed by atoms with Gasteiger partial charge in [0.05, 0.1) is 11.6 Å². The van der Waals surface area contributed by atoms with Crippen molar-refractivity contribution in [2.24, 2.45) is 5.73 Å². The van der Waals surface area contributed by atoms with Crippen LogP contribution in [0.5, 0.6) is 17.5 Å². The number of hydrogen-bond acceptors (Lipinski definition) is 5. The van der Waals surface area contributed by atoms with Crippen molar-refractivity contribution in [3.05, 3.63) is 40.6 Å². The summed E-state index contributed by atoms with van der Waals surface area (Å²) in [5.74, 6) is 1.15. The molecule has 1 heterocycles. The molecule has 94 valence electrons. The molecule has 1 aromatic heterocycles. The van der Waals surface area contributed by atoms with Crippen LogP contribution in [-0.4, -0.2) is 17.1 Å². The van der Waals surface area contributed by atoms with Crippen molar-refractivity contribution in [2.75, 3.05) is 7.11 Å². The van der Waals surface area contributed by atoms with Crippen LogP contribution < -0.4 is 15.2 Å². The van der Waals surface area contributed by atoms with Crippen molar-refractivity contribution in [1.29, 1.82) is 0 Å². The van der Waals surface area contributed by atoms with Gasteiger partial charge in [0.25, 0.3) is 0 Å². The van der Waals surface area contributed by atoms with Crippen LogP contribution in [0.15, 0.2) is 35.1 Å². The summed E-state index contributed by atoms with van der Waals surface area (Å²) in [7, 11) is 1.57. The van der Waals surface area contributed by atoms with Crippen LogP contribution in [0.25, 0.3) is 0 Å². The number of aromatic nitrogens is 2. The first kappa shape index (κ1) is 12.8. The second-order valence-electron chi connectivity index (χ2n) is 3.48. The van der Waals surface area contributed by atoms with Crippen LogP contribution in [0.1, 0.15) is 5.56 Å². The predicted octanol–water partition coefficient (Wildman–Crippen LogP) is 2.50. The van der Waals surface area contributed by atoms with E-state index in [0.717, 1.165) is 10.0 Å². The molecular formula is C12H12BrN3O2. The summed E-state index contributed by atoms with van der Waals surface area (Å²) in [4.78, 5) is 8.06. The van der Waals surface area contributed by atoms with E-state index in [2.05, 4.69) is 25.9 Å². The summed E-state index contributed by atoms with van der Waals surface area (Å²) in [6.07, 6.45) is 3.23. The standard InChI is InChI=1S/C12H12BrN3O2/c1-17-11-4-8(5-14)2-3-10(11)18-12-15-6-9(13)7-16-12/h2-4,6-7H,5,14H2,1H3. The first-order valence-corrected chi connectivity index (χ1v) is 6.04. The van der Waals surface area contributed by atoms with Gasteiger partial charge in [0.2, 0.25) is 0 Å². The van der Waals surface area contributed by atoms with Crippen LogP contribution in [0.4, 0.5) is 0 Å². The summed E-state index contributed by atoms with van der Waals surface area (Å²) in [5, 5.41) is 0. The molecule has 0 spiro atoms. The molecule has 1 aromatic carbocycles. The van der Waals surface area contributed by atoms with Crippen molar-refractivity contribution in [3.63, 3.8) is 0 Å². The Balaban J connectivity index is 2.25. The fourth-order valence-electron chi connectivity index (χ4n) is 1.37. The van der Waals surface area contributed by atoms with Gasteiger partial charge in [-0.2, -0.15) is 0 Å². The summed E-state index contributed by atoms with van der Waals surface area (Å²) in [5.41, 5.74) is 6.53. The van der Waals surface area contributed by atoms with Crippen molar-refractivity contribution < 1.29 is 9.47 Å². The monoisotopic (exact) mass is 309 g/mol. The highest BCUT2D eigenvalue weighted by atomic mass is 79.9. The van der Waals surface area contributed by atoms with Crippen molar-refractivity contribution in [2.45, 2.75) is 6.54 Å². The number of benzene rings is 1. The highest BCUT2D eigenvalue weighted by molar-refractivity contribution is 9.10. The zero-order valence-electron chi connectivity index (χ0n) is 9.76. The van der Waals surface area contributed by atoms with E-state index in [4.69, 9.17) is 15.2 Å². The Bertz CT molecular complexity index is 531. The number of nitrogens with two attached hydrogens (primary N) is 1. The van der Waals surface area contributed by atoms with Gasteiger partial charge >= 0.3 is 6.01 Å². The van der Waals surface area contributed by atoms with Gasteiger partial charge in [-0.05, 0) is 33.6 Å². The van der Waals surface area contributed by atoms with E-state index in [0.29, 0.717) is 18.0 Å². The Morgan fingerprint density at radius 1 is 1.22 bits per heavy atom. The third kappa shape index (κ3) is 2.96. The fraction of sp³-hybridized carbons (Fsp3) is 0.167. The number of ether oxygens (including phenoxy) is 2. The Hall–Kier alpha value is -1.66. The molecule has 0 radical (unpaired) electrons. The van der Waals surface area contributed by atoms with Crippen molar-refractivity contribution in [1.82, 2.24) is 9.97 Å². The normalized spacial score (nSPS) is 10.2. The quantitative estimate of drug-likeness (QED) is 0.939. The van der Waals surface area contributed by atoms with Gasteiger partial charge in [-0.1, -0.05) is 6.07 Å². The molecule has 0 unspecified atom stereocenters. The molecule has 0 bridgehead atoms. The molecule has 0 saturated carbocycles. The van der Waals surface area contributed by atoms with E-state index in [1.165, 1.54) is 0 Å². The lowest BCUT2D eigenvalue weighted by atomic mass is 10.2. The lowest BCUT2D eigenvalue weighted by molar-refractivity contribution is 0.367. The maximum Gasteiger partial charge on any atom is 0.322 e. The Kier molecular flexibility index (Phi) is 4.11. The van der Waals surface area contributed by atoms with Gasteiger partial charge in [-0.15, -0.1) is 0 Å². The number of nitrogens with zero attached hydrogens (tertiary/aromatic N) is 2. The lowest BCUT2D eigenvalue weighted by Crippen LogP contribution is -1.99. The summed E-state index contributed by atoms with van der Waals surface area (Å²) >= 11 is 3.26. The van der Waals surface area contributed by atoms with Gasteiger partial charge in [0, 0.05) is 18.9 Å². The maximum absolute atomic E-state index is 5.57. The van der Waals surface area contributed by atoms with Gasteiger partial charge in [0.1, 0.15) is 0 Å². The molecule has 0 saturated heterocycles. The largest absolute Gasteiger partial charge is 0.493 e. The molecule has 18 heavy (non-hydrogen) atoms. The second kappa shape index (κ2) is 5.79. The third-order valence-corrected chi connectivity index (χ3v) is 2.67. The highest BCUT2D eigenvalue weighted by Gasteiger charge is 2.08. The molecule has 2 N–H and O–H groups in total. The zero-order chi connectivity index (χ0) is 13.0. The van der Waals surface area contributed by atoms with Crippen LogP contribution in [0, 0.1) is 0 Å². The summed E-state index contributed by atoms with van der Waals surface area (Å²) in [6, 6.07) is 5.74. The summed E-state index contributed by atoms with van der Waals surface area (Å²) in [6.45, 7) is 0.450. The molecule has 2 rings (SSSR count). The minimum absolute atomic E-state index is 0.261. The molecule has 0 amide bonds. The van der Waals surface area contributed by atoms with E-state index in [1.54, 1.807) is 25.6 Å². The zero-order valence-corrected chi connectivity index (χ0v) is 11.3. The first-order valence-electron chi connectivity index (χ1n) is 5.25. The smallest absolute Gasteiger partial charge is 0.322 e. The number of methoxy groups -OCH3 is 1. The highest BCUT2D eigenvalue weighted by Crippen LogP contribution is 2.30. The molecule has 0 atom stereocenters. The Labute approximate surface area is 113 Å². The molecule has 6 heteroatoms. The average Bonchev–Trinajstić information content (AvgIpc) is 2.41. The minimum Gasteiger partial charge on any atom is -0.493 e. The first-order chi connectivity index (χ1) is 8.72. The van der Waals surface area contributed by atoms with Crippen LogP contribution in [-0.2, 0) is 6.54 Å². The molecule has 2 aromatic rings. The van der Waals surface area contributed by atoms with Gasteiger partial charge in [-0.25, -0.2) is 9.97 Å².